The topological polar surface area (TPSA) is 39.2 Å². The van der Waals surface area contributed by atoms with Gasteiger partial charge in [-0.3, -0.25) is 4.79 Å². The first-order valence-electron chi connectivity index (χ1n) is 5.34. The lowest BCUT2D eigenvalue weighted by Gasteiger charge is -2.07. The van der Waals surface area contributed by atoms with E-state index in [0.717, 1.165) is 12.1 Å². The molecular weight excluding hydrogens is 240 g/mol. The first-order valence-corrected chi connectivity index (χ1v) is 5.34. The molecule has 1 heterocycles. The van der Waals surface area contributed by atoms with Crippen molar-refractivity contribution < 1.29 is 18.3 Å². The van der Waals surface area contributed by atoms with Gasteiger partial charge >= 0.3 is 5.97 Å². The average molecular weight is 251 g/mol. The van der Waals surface area contributed by atoms with E-state index < -0.39 is 17.6 Å². The van der Waals surface area contributed by atoms with Crippen molar-refractivity contribution in [2.24, 2.45) is 0 Å². The summed E-state index contributed by atoms with van der Waals surface area (Å²) in [7, 11) is 1.26. The first-order chi connectivity index (χ1) is 8.52. The van der Waals surface area contributed by atoms with E-state index in [9.17, 15) is 13.6 Å². The van der Waals surface area contributed by atoms with Crippen molar-refractivity contribution in [3.05, 3.63) is 41.1 Å². The third-order valence-electron chi connectivity index (χ3n) is 2.66. The second-order valence-electron chi connectivity index (χ2n) is 3.94. The lowest BCUT2D eigenvalue weighted by molar-refractivity contribution is -0.139. The smallest absolute Gasteiger partial charge is 0.311 e. The molecule has 0 radical (unpaired) electrons. The number of hydrogen-bond acceptors (Lipinski definition) is 3. The summed E-state index contributed by atoms with van der Waals surface area (Å²) in [6.07, 6.45) is -0.0662. The molecule has 0 aliphatic heterocycles. The molecule has 0 saturated heterocycles. The van der Waals surface area contributed by atoms with Crippen molar-refractivity contribution in [1.29, 1.82) is 0 Å². The summed E-state index contributed by atoms with van der Waals surface area (Å²) >= 11 is 0. The molecule has 1 aromatic carbocycles. The van der Waals surface area contributed by atoms with Crippen LogP contribution in [0.2, 0.25) is 0 Å². The number of pyridine rings is 1. The Morgan fingerprint density at radius 3 is 2.67 bits per heavy atom. The monoisotopic (exact) mass is 251 g/mol. The molecule has 0 bridgehead atoms. The predicted molar refractivity (Wildman–Crippen MR) is 62.1 cm³/mol. The summed E-state index contributed by atoms with van der Waals surface area (Å²) in [5.41, 5.74) is 0.834. The van der Waals surface area contributed by atoms with E-state index in [1.54, 1.807) is 13.0 Å². The highest BCUT2D eigenvalue weighted by molar-refractivity contribution is 5.84. The van der Waals surface area contributed by atoms with Gasteiger partial charge in [0.1, 0.15) is 17.2 Å². The second kappa shape index (κ2) is 4.68. The Morgan fingerprint density at radius 1 is 1.33 bits per heavy atom. The summed E-state index contributed by atoms with van der Waals surface area (Å²) < 4.78 is 31.7. The van der Waals surface area contributed by atoms with Crippen LogP contribution in [-0.2, 0) is 16.0 Å². The lowest BCUT2D eigenvalue weighted by Crippen LogP contribution is -2.07. The lowest BCUT2D eigenvalue weighted by atomic mass is 10.1. The molecule has 18 heavy (non-hydrogen) atoms. The van der Waals surface area contributed by atoms with Gasteiger partial charge in [0, 0.05) is 5.39 Å². The highest BCUT2D eigenvalue weighted by Gasteiger charge is 2.13. The van der Waals surface area contributed by atoms with Crippen LogP contribution < -0.4 is 0 Å². The summed E-state index contributed by atoms with van der Waals surface area (Å²) in [6.45, 7) is 1.65. The average Bonchev–Trinajstić information content (AvgIpc) is 2.33. The van der Waals surface area contributed by atoms with Crippen molar-refractivity contribution >= 4 is 16.9 Å². The molecular formula is C13H11F2NO2. The molecule has 0 unspecified atom stereocenters. The van der Waals surface area contributed by atoms with Gasteiger partial charge in [-0.2, -0.15) is 0 Å². The number of benzene rings is 1. The molecule has 0 saturated carbocycles. The number of nitrogens with zero attached hydrogens (tertiary/aromatic N) is 1. The molecule has 94 valence electrons. The van der Waals surface area contributed by atoms with Gasteiger partial charge < -0.3 is 4.74 Å². The SMILES string of the molecule is COC(=O)Cc1cc(C)c2c(F)ccc(F)c2n1. The number of halogens is 2. The summed E-state index contributed by atoms with van der Waals surface area (Å²) in [5.74, 6) is -1.61. The van der Waals surface area contributed by atoms with E-state index in [2.05, 4.69) is 9.72 Å². The quantitative estimate of drug-likeness (QED) is 0.770. The third kappa shape index (κ3) is 2.16. The van der Waals surface area contributed by atoms with Crippen LogP contribution in [0.4, 0.5) is 8.78 Å². The van der Waals surface area contributed by atoms with Gasteiger partial charge in [0.05, 0.1) is 19.2 Å². The van der Waals surface area contributed by atoms with Crippen LogP contribution in [0, 0.1) is 18.6 Å². The van der Waals surface area contributed by atoms with Gasteiger partial charge in [-0.1, -0.05) is 0 Å². The van der Waals surface area contributed by atoms with E-state index >= 15 is 0 Å². The predicted octanol–water partition coefficient (Wildman–Crippen LogP) is 2.54. The largest absolute Gasteiger partial charge is 0.469 e. The van der Waals surface area contributed by atoms with Crippen LogP contribution in [0.1, 0.15) is 11.3 Å². The second-order valence-corrected chi connectivity index (χ2v) is 3.94. The molecule has 0 amide bonds. The highest BCUT2D eigenvalue weighted by Crippen LogP contribution is 2.23. The normalized spacial score (nSPS) is 10.7. The van der Waals surface area contributed by atoms with Gasteiger partial charge in [-0.05, 0) is 30.7 Å². The molecule has 0 fully saturated rings. The third-order valence-corrected chi connectivity index (χ3v) is 2.66. The maximum atomic E-state index is 13.6. The number of aryl methyl sites for hydroxylation is 1. The molecule has 0 aliphatic carbocycles. The van der Waals surface area contributed by atoms with Crippen molar-refractivity contribution in [1.82, 2.24) is 4.98 Å². The number of esters is 1. The van der Waals surface area contributed by atoms with E-state index in [1.165, 1.54) is 7.11 Å². The molecule has 0 aliphatic rings. The van der Waals surface area contributed by atoms with Crippen LogP contribution >= 0.6 is 0 Å². The Bertz CT molecular complexity index is 626. The number of aromatic nitrogens is 1. The maximum absolute atomic E-state index is 13.6. The Kier molecular flexibility index (Phi) is 3.23. The van der Waals surface area contributed by atoms with E-state index in [1.807, 2.05) is 0 Å². The van der Waals surface area contributed by atoms with Gasteiger partial charge in [0.25, 0.3) is 0 Å². The van der Waals surface area contributed by atoms with Crippen molar-refractivity contribution in [2.45, 2.75) is 13.3 Å². The van der Waals surface area contributed by atoms with E-state index in [4.69, 9.17) is 0 Å². The Balaban J connectivity index is 2.61. The minimum Gasteiger partial charge on any atom is -0.469 e. The Labute approximate surface area is 102 Å². The zero-order valence-electron chi connectivity index (χ0n) is 9.96. The number of methoxy groups -OCH3 is 1. The number of fused-ring (bicyclic) bond motifs is 1. The van der Waals surface area contributed by atoms with Crippen LogP contribution in [0.15, 0.2) is 18.2 Å². The molecule has 2 aromatic rings. The number of ether oxygens (including phenoxy) is 1. The number of carbonyl (C=O) groups excluding carboxylic acids is 1. The van der Waals surface area contributed by atoms with Crippen LogP contribution in [-0.4, -0.2) is 18.1 Å². The van der Waals surface area contributed by atoms with E-state index in [0.29, 0.717) is 11.3 Å². The summed E-state index contributed by atoms with van der Waals surface area (Å²) in [4.78, 5) is 15.1. The molecule has 0 spiro atoms. The molecule has 5 heteroatoms. The van der Waals surface area contributed by atoms with Crippen molar-refractivity contribution in [3.63, 3.8) is 0 Å². The van der Waals surface area contributed by atoms with Crippen LogP contribution in [0.25, 0.3) is 10.9 Å². The molecule has 3 nitrogen and oxygen atoms in total. The standard InChI is InChI=1S/C13H11F2NO2/c1-7-5-8(6-11(17)18-2)16-13-10(15)4-3-9(14)12(7)13/h3-5H,6H2,1-2H3. The number of carbonyl (C=O) groups is 1. The van der Waals surface area contributed by atoms with Crippen molar-refractivity contribution in [2.75, 3.05) is 7.11 Å². The number of rotatable bonds is 2. The van der Waals surface area contributed by atoms with E-state index in [-0.39, 0.29) is 17.3 Å². The highest BCUT2D eigenvalue weighted by atomic mass is 19.1. The summed E-state index contributed by atoms with van der Waals surface area (Å²) in [6, 6.07) is 3.64. The van der Waals surface area contributed by atoms with Crippen molar-refractivity contribution in [3.8, 4) is 0 Å². The zero-order valence-corrected chi connectivity index (χ0v) is 9.96. The zero-order chi connectivity index (χ0) is 13.3. The van der Waals surface area contributed by atoms with Crippen LogP contribution in [0.5, 0.6) is 0 Å². The Hall–Kier alpha value is -2.04. The summed E-state index contributed by atoms with van der Waals surface area (Å²) in [5, 5.41) is 0.142. The maximum Gasteiger partial charge on any atom is 0.311 e. The van der Waals surface area contributed by atoms with Gasteiger partial charge in [-0.15, -0.1) is 0 Å². The number of hydrogen-bond donors (Lipinski definition) is 0. The molecule has 2 rings (SSSR count). The molecule has 0 atom stereocenters. The molecule has 1 aromatic heterocycles. The first kappa shape index (κ1) is 12.4. The fraction of sp³-hybridized carbons (Fsp3) is 0.231. The van der Waals surface area contributed by atoms with Crippen LogP contribution in [0.3, 0.4) is 0 Å². The Morgan fingerprint density at radius 2 is 2.00 bits per heavy atom. The van der Waals surface area contributed by atoms with Gasteiger partial charge in [0.15, 0.2) is 0 Å². The minimum atomic E-state index is -0.610. The fourth-order valence-electron chi connectivity index (χ4n) is 1.83. The molecule has 0 N–H and O–H groups in total. The van der Waals surface area contributed by atoms with Gasteiger partial charge in [-0.25, -0.2) is 13.8 Å². The minimum absolute atomic E-state index is 0.0612. The fourth-order valence-corrected chi connectivity index (χ4v) is 1.83. The van der Waals surface area contributed by atoms with Gasteiger partial charge in [0.2, 0.25) is 0 Å².